The summed E-state index contributed by atoms with van der Waals surface area (Å²) in [5.41, 5.74) is 0.856. The molecule has 2 saturated heterocycles. The largest absolute Gasteiger partial charge is 0.342 e. The van der Waals surface area contributed by atoms with E-state index in [1.165, 1.54) is 0 Å². The van der Waals surface area contributed by atoms with Gasteiger partial charge in [0.2, 0.25) is 15.9 Å². The molecule has 1 spiro atoms. The minimum Gasteiger partial charge on any atom is -0.342 e. The molecule has 1 aromatic rings. The third-order valence-corrected chi connectivity index (χ3v) is 7.08. The molecule has 1 aromatic heterocycles. The van der Waals surface area contributed by atoms with Crippen LogP contribution in [0.5, 0.6) is 0 Å². The smallest absolute Gasteiger partial charge is 0.227 e. The van der Waals surface area contributed by atoms with Gasteiger partial charge in [0.15, 0.2) is 0 Å². The number of hydrogen-bond acceptors (Lipinski definition) is 4. The Morgan fingerprint density at radius 3 is 2.83 bits per heavy atom. The number of piperidine rings is 1. The number of pyridine rings is 1. The molecule has 0 saturated carbocycles. The summed E-state index contributed by atoms with van der Waals surface area (Å²) in [6, 6.07) is 3.75. The summed E-state index contributed by atoms with van der Waals surface area (Å²) in [5.74, 6) is 0.256. The van der Waals surface area contributed by atoms with Crippen molar-refractivity contribution in [3.63, 3.8) is 0 Å². The predicted octanol–water partition coefficient (Wildman–Crippen LogP) is 1.29. The van der Waals surface area contributed by atoms with Crippen molar-refractivity contribution in [3.8, 4) is 0 Å². The molecule has 0 N–H and O–H groups in total. The third-order valence-electron chi connectivity index (χ3n) is 5.25. The molecule has 7 heteroatoms. The van der Waals surface area contributed by atoms with E-state index in [9.17, 15) is 13.2 Å². The molecule has 24 heavy (non-hydrogen) atoms. The van der Waals surface area contributed by atoms with Crippen molar-refractivity contribution < 1.29 is 13.2 Å². The lowest BCUT2D eigenvalue weighted by Gasteiger charge is -2.40. The molecule has 0 aliphatic carbocycles. The van der Waals surface area contributed by atoms with Gasteiger partial charge in [-0.1, -0.05) is 6.07 Å². The fourth-order valence-corrected chi connectivity index (χ4v) is 5.06. The second-order valence-corrected chi connectivity index (χ2v) is 9.20. The van der Waals surface area contributed by atoms with Crippen LogP contribution in [0.2, 0.25) is 0 Å². The maximum Gasteiger partial charge on any atom is 0.227 e. The first kappa shape index (κ1) is 17.4. The Morgan fingerprint density at radius 1 is 1.29 bits per heavy atom. The Labute approximate surface area is 143 Å². The number of hydrogen-bond donors (Lipinski definition) is 0. The highest BCUT2D eigenvalue weighted by Crippen LogP contribution is 2.40. The quantitative estimate of drug-likeness (QED) is 0.819. The summed E-state index contributed by atoms with van der Waals surface area (Å²) in [7, 11) is -3.14. The van der Waals surface area contributed by atoms with Gasteiger partial charge in [-0.2, -0.15) is 0 Å². The SMILES string of the molecule is CCS(=O)(=O)N1CC[C@@]2(CCCN(C(=O)Cc3cccnc3)C2)C1. The van der Waals surface area contributed by atoms with Crippen LogP contribution in [0.1, 0.15) is 31.7 Å². The van der Waals surface area contributed by atoms with Crippen molar-refractivity contribution in [2.24, 2.45) is 5.41 Å². The molecule has 6 nitrogen and oxygen atoms in total. The van der Waals surface area contributed by atoms with Gasteiger partial charge in [-0.05, 0) is 37.8 Å². The first-order valence-corrected chi connectivity index (χ1v) is 10.2. The van der Waals surface area contributed by atoms with Crippen LogP contribution in [-0.4, -0.2) is 60.4 Å². The van der Waals surface area contributed by atoms with Crippen molar-refractivity contribution >= 4 is 15.9 Å². The average molecular weight is 351 g/mol. The first-order valence-electron chi connectivity index (χ1n) is 8.59. The number of sulfonamides is 1. The minimum atomic E-state index is -3.14. The zero-order chi connectivity index (χ0) is 17.2. The number of carbonyl (C=O) groups is 1. The summed E-state index contributed by atoms with van der Waals surface area (Å²) < 4.78 is 25.9. The van der Waals surface area contributed by atoms with Crippen molar-refractivity contribution in [2.45, 2.75) is 32.6 Å². The molecule has 1 atom stereocenters. The molecule has 0 radical (unpaired) electrons. The van der Waals surface area contributed by atoms with E-state index in [4.69, 9.17) is 0 Å². The van der Waals surface area contributed by atoms with Crippen LogP contribution >= 0.6 is 0 Å². The molecule has 3 rings (SSSR count). The molecule has 0 bridgehead atoms. The molecule has 2 aliphatic heterocycles. The fraction of sp³-hybridized carbons (Fsp3) is 0.647. The number of aromatic nitrogens is 1. The Hall–Kier alpha value is -1.47. The highest BCUT2D eigenvalue weighted by molar-refractivity contribution is 7.89. The van der Waals surface area contributed by atoms with E-state index in [1.807, 2.05) is 17.0 Å². The Kier molecular flexibility index (Phi) is 4.92. The van der Waals surface area contributed by atoms with Gasteiger partial charge in [0.05, 0.1) is 12.2 Å². The maximum absolute atomic E-state index is 12.6. The van der Waals surface area contributed by atoms with E-state index >= 15 is 0 Å². The van der Waals surface area contributed by atoms with Gasteiger partial charge in [-0.3, -0.25) is 9.78 Å². The first-order chi connectivity index (χ1) is 11.4. The normalized spacial score (nSPS) is 25.3. The lowest BCUT2D eigenvalue weighted by Crippen LogP contribution is -2.48. The molecule has 132 valence electrons. The second-order valence-electron chi connectivity index (χ2n) is 6.94. The van der Waals surface area contributed by atoms with E-state index in [0.29, 0.717) is 26.1 Å². The van der Waals surface area contributed by atoms with E-state index < -0.39 is 10.0 Å². The van der Waals surface area contributed by atoms with E-state index in [-0.39, 0.29) is 17.1 Å². The van der Waals surface area contributed by atoms with Crippen LogP contribution in [0.4, 0.5) is 0 Å². The lowest BCUT2D eigenvalue weighted by molar-refractivity contribution is -0.133. The number of amides is 1. The van der Waals surface area contributed by atoms with Crippen LogP contribution in [0, 0.1) is 5.41 Å². The topological polar surface area (TPSA) is 70.6 Å². The van der Waals surface area contributed by atoms with Crippen molar-refractivity contribution in [1.82, 2.24) is 14.2 Å². The predicted molar refractivity (Wildman–Crippen MR) is 91.8 cm³/mol. The van der Waals surface area contributed by atoms with Gasteiger partial charge >= 0.3 is 0 Å². The molecule has 1 amide bonds. The molecule has 0 aromatic carbocycles. The number of carbonyl (C=O) groups excluding carboxylic acids is 1. The van der Waals surface area contributed by atoms with E-state index in [2.05, 4.69) is 4.98 Å². The molecule has 3 heterocycles. The second kappa shape index (κ2) is 6.80. The average Bonchev–Trinajstić information content (AvgIpc) is 3.00. The van der Waals surface area contributed by atoms with E-state index in [1.54, 1.807) is 23.6 Å². The zero-order valence-corrected chi connectivity index (χ0v) is 15.0. The highest BCUT2D eigenvalue weighted by Gasteiger charge is 2.45. The van der Waals surface area contributed by atoms with Crippen molar-refractivity contribution in [1.29, 1.82) is 0 Å². The summed E-state index contributed by atoms with van der Waals surface area (Å²) in [4.78, 5) is 18.6. The number of likely N-dealkylation sites (tertiary alicyclic amines) is 1. The molecule has 0 unspecified atom stereocenters. The van der Waals surface area contributed by atoms with Gasteiger partial charge in [0.1, 0.15) is 0 Å². The summed E-state index contributed by atoms with van der Waals surface area (Å²) in [5, 5.41) is 0. The minimum absolute atomic E-state index is 0.0644. The molecular formula is C17H25N3O3S. The molecule has 2 aliphatic rings. The Balaban J connectivity index is 1.65. The fourth-order valence-electron chi connectivity index (χ4n) is 3.86. The molecule has 2 fully saturated rings. The van der Waals surface area contributed by atoms with Crippen LogP contribution in [0.3, 0.4) is 0 Å². The summed E-state index contributed by atoms with van der Waals surface area (Å²) in [6.45, 7) is 4.26. The van der Waals surface area contributed by atoms with Gasteiger partial charge in [-0.25, -0.2) is 12.7 Å². The van der Waals surface area contributed by atoms with Crippen molar-refractivity contribution in [3.05, 3.63) is 30.1 Å². The summed E-state index contributed by atoms with van der Waals surface area (Å²) >= 11 is 0. The number of nitrogens with zero attached hydrogens (tertiary/aromatic N) is 3. The van der Waals surface area contributed by atoms with Crippen molar-refractivity contribution in [2.75, 3.05) is 31.9 Å². The standard InChI is InChI=1S/C17H25N3O3S/c1-2-24(22,23)20-10-7-17(14-20)6-4-9-19(13-17)16(21)11-15-5-3-8-18-12-15/h3,5,8,12H,2,4,6-7,9-11,13-14H2,1H3/t17-/m1/s1. The van der Waals surface area contributed by atoms with E-state index in [0.717, 1.165) is 31.4 Å². The van der Waals surface area contributed by atoms with Crippen LogP contribution in [0.15, 0.2) is 24.5 Å². The van der Waals surface area contributed by atoms with Crippen LogP contribution in [-0.2, 0) is 21.2 Å². The van der Waals surface area contributed by atoms with Gasteiger partial charge in [-0.15, -0.1) is 0 Å². The zero-order valence-electron chi connectivity index (χ0n) is 14.1. The summed E-state index contributed by atoms with van der Waals surface area (Å²) in [6.07, 6.45) is 6.58. The van der Waals surface area contributed by atoms with Gasteiger partial charge in [0.25, 0.3) is 0 Å². The molecular weight excluding hydrogens is 326 g/mol. The van der Waals surface area contributed by atoms with Crippen LogP contribution in [0.25, 0.3) is 0 Å². The maximum atomic E-state index is 12.6. The highest BCUT2D eigenvalue weighted by atomic mass is 32.2. The monoisotopic (exact) mass is 351 g/mol. The van der Waals surface area contributed by atoms with Crippen LogP contribution < -0.4 is 0 Å². The Bertz CT molecular complexity index is 692. The van der Waals surface area contributed by atoms with Gasteiger partial charge in [0, 0.05) is 44.0 Å². The lowest BCUT2D eigenvalue weighted by atomic mass is 9.79. The number of rotatable bonds is 4. The Morgan fingerprint density at radius 2 is 2.12 bits per heavy atom. The van der Waals surface area contributed by atoms with Gasteiger partial charge < -0.3 is 4.90 Å². The third kappa shape index (κ3) is 3.62.